The van der Waals surface area contributed by atoms with Gasteiger partial charge in [-0.1, -0.05) is 22.9 Å². The summed E-state index contributed by atoms with van der Waals surface area (Å²) in [4.78, 5) is 16.7. The molecule has 2 saturated heterocycles. The molecule has 4 heteroatoms. The number of alkyl halides is 1. The molecular weight excluding hydrogens is 280 g/mol. The summed E-state index contributed by atoms with van der Waals surface area (Å²) in [7, 11) is 0. The maximum atomic E-state index is 11.7. The molecule has 3 nitrogen and oxygen atoms in total. The van der Waals surface area contributed by atoms with E-state index in [-0.39, 0.29) is 0 Å². The Labute approximate surface area is 113 Å². The predicted molar refractivity (Wildman–Crippen MR) is 73.4 cm³/mol. The Bertz CT molecular complexity index is 264. The molecule has 0 spiro atoms. The molecule has 0 aliphatic carbocycles. The molecule has 0 bridgehead atoms. The minimum Gasteiger partial charge on any atom is -0.341 e. The molecule has 0 aromatic rings. The smallest absolute Gasteiger partial charge is 0.223 e. The number of piperidine rings is 1. The zero-order valence-corrected chi connectivity index (χ0v) is 12.3. The van der Waals surface area contributed by atoms with Crippen molar-refractivity contribution in [2.24, 2.45) is 5.92 Å². The third kappa shape index (κ3) is 3.68. The third-order valence-electron chi connectivity index (χ3n) is 3.89. The van der Waals surface area contributed by atoms with Crippen molar-refractivity contribution in [1.29, 1.82) is 0 Å². The van der Waals surface area contributed by atoms with E-state index in [0.29, 0.717) is 17.2 Å². The highest BCUT2D eigenvalue weighted by Crippen LogP contribution is 2.23. The van der Waals surface area contributed by atoms with E-state index in [2.05, 4.69) is 32.7 Å². The van der Waals surface area contributed by atoms with E-state index in [1.807, 2.05) is 0 Å². The van der Waals surface area contributed by atoms with Gasteiger partial charge in [0, 0.05) is 24.3 Å². The van der Waals surface area contributed by atoms with Crippen LogP contribution in [0.1, 0.15) is 32.6 Å². The molecule has 1 amide bonds. The second kappa shape index (κ2) is 6.19. The molecule has 17 heavy (non-hydrogen) atoms. The number of likely N-dealkylation sites (tertiary alicyclic amines) is 2. The van der Waals surface area contributed by atoms with Crippen molar-refractivity contribution >= 4 is 21.8 Å². The highest BCUT2D eigenvalue weighted by Gasteiger charge is 2.30. The molecular formula is C13H23BrN2O. The van der Waals surface area contributed by atoms with Crippen LogP contribution in [0, 0.1) is 5.92 Å². The average Bonchev–Trinajstić information content (AvgIpc) is 2.61. The summed E-state index contributed by atoms with van der Waals surface area (Å²) in [5.41, 5.74) is 0. The summed E-state index contributed by atoms with van der Waals surface area (Å²) in [5, 5.41) is 0. The molecule has 1 unspecified atom stereocenters. The molecule has 2 heterocycles. The van der Waals surface area contributed by atoms with E-state index in [9.17, 15) is 4.79 Å². The molecule has 0 aromatic carbocycles. The zero-order valence-electron chi connectivity index (χ0n) is 10.7. The monoisotopic (exact) mass is 302 g/mol. The van der Waals surface area contributed by atoms with Crippen LogP contribution < -0.4 is 0 Å². The molecule has 1 atom stereocenters. The first-order valence-corrected chi connectivity index (χ1v) is 7.74. The Hall–Kier alpha value is -0.0900. The lowest BCUT2D eigenvalue weighted by molar-refractivity contribution is -0.128. The first-order valence-electron chi connectivity index (χ1n) is 6.83. The second-order valence-corrected chi connectivity index (χ2v) is 6.68. The van der Waals surface area contributed by atoms with Crippen molar-refractivity contribution in [2.45, 2.75) is 37.4 Å². The van der Waals surface area contributed by atoms with E-state index in [1.54, 1.807) is 0 Å². The lowest BCUT2D eigenvalue weighted by Crippen LogP contribution is -2.39. The summed E-state index contributed by atoms with van der Waals surface area (Å²) in [6.45, 7) is 7.81. The average molecular weight is 303 g/mol. The molecule has 2 fully saturated rings. The van der Waals surface area contributed by atoms with Gasteiger partial charge in [-0.2, -0.15) is 0 Å². The minimum absolute atomic E-state index is 0.336. The normalized spacial score (nSPS) is 28.0. The van der Waals surface area contributed by atoms with Gasteiger partial charge in [-0.05, 0) is 44.8 Å². The first-order chi connectivity index (χ1) is 8.19. The Morgan fingerprint density at radius 1 is 1.35 bits per heavy atom. The highest BCUT2D eigenvalue weighted by molar-refractivity contribution is 9.09. The van der Waals surface area contributed by atoms with Crippen LogP contribution in [-0.4, -0.2) is 53.3 Å². The van der Waals surface area contributed by atoms with Crippen LogP contribution in [0.2, 0.25) is 0 Å². The number of nitrogens with zero attached hydrogens (tertiary/aromatic N) is 2. The van der Waals surface area contributed by atoms with Crippen LogP contribution in [0.5, 0.6) is 0 Å². The number of halogens is 1. The molecule has 0 saturated carbocycles. The van der Waals surface area contributed by atoms with Gasteiger partial charge in [0.15, 0.2) is 0 Å². The summed E-state index contributed by atoms with van der Waals surface area (Å²) in [6.07, 6.45) is 4.46. The van der Waals surface area contributed by atoms with Crippen LogP contribution in [0.25, 0.3) is 0 Å². The Morgan fingerprint density at radius 3 is 2.59 bits per heavy atom. The number of amides is 1. The van der Waals surface area contributed by atoms with E-state index in [0.717, 1.165) is 19.0 Å². The van der Waals surface area contributed by atoms with Crippen LogP contribution in [0.3, 0.4) is 0 Å². The van der Waals surface area contributed by atoms with Crippen molar-refractivity contribution in [1.82, 2.24) is 9.80 Å². The van der Waals surface area contributed by atoms with Crippen LogP contribution >= 0.6 is 15.9 Å². The fraction of sp³-hybridized carbons (Fsp3) is 0.923. The summed E-state index contributed by atoms with van der Waals surface area (Å²) in [5.74, 6) is 1.06. The third-order valence-corrected chi connectivity index (χ3v) is 4.51. The highest BCUT2D eigenvalue weighted by atomic mass is 79.9. The molecule has 0 N–H and O–H groups in total. The van der Waals surface area contributed by atoms with Gasteiger partial charge in [-0.15, -0.1) is 0 Å². The van der Waals surface area contributed by atoms with Gasteiger partial charge >= 0.3 is 0 Å². The number of carbonyl (C=O) groups is 1. The van der Waals surface area contributed by atoms with Gasteiger partial charge in [-0.3, -0.25) is 4.79 Å². The number of rotatable bonds is 4. The lowest BCUT2D eigenvalue weighted by atomic mass is 9.96. The zero-order chi connectivity index (χ0) is 12.3. The largest absolute Gasteiger partial charge is 0.341 e. The van der Waals surface area contributed by atoms with E-state index in [4.69, 9.17) is 0 Å². The fourth-order valence-electron chi connectivity index (χ4n) is 2.92. The van der Waals surface area contributed by atoms with Gasteiger partial charge < -0.3 is 9.80 Å². The van der Waals surface area contributed by atoms with Gasteiger partial charge in [-0.25, -0.2) is 0 Å². The quantitative estimate of drug-likeness (QED) is 0.743. The Kier molecular flexibility index (Phi) is 4.86. The summed E-state index contributed by atoms with van der Waals surface area (Å²) >= 11 is 3.54. The topological polar surface area (TPSA) is 23.6 Å². The minimum atomic E-state index is 0.336. The van der Waals surface area contributed by atoms with Crippen LogP contribution in [0.15, 0.2) is 0 Å². The standard InChI is InChI=1S/C13H23BrN2O/c1-2-5-15-6-3-11(4-7-15)9-16-10-12(14)8-13(16)17/h11-12H,2-10H2,1H3. The molecule has 0 aromatic heterocycles. The Balaban J connectivity index is 1.73. The van der Waals surface area contributed by atoms with Gasteiger partial charge in [0.2, 0.25) is 5.91 Å². The molecule has 0 radical (unpaired) electrons. The predicted octanol–water partition coefficient (Wildman–Crippen LogP) is 2.10. The van der Waals surface area contributed by atoms with Gasteiger partial charge in [0.05, 0.1) is 0 Å². The molecule has 98 valence electrons. The van der Waals surface area contributed by atoms with Gasteiger partial charge in [0.1, 0.15) is 0 Å². The number of hydrogen-bond acceptors (Lipinski definition) is 2. The molecule has 2 aliphatic rings. The first kappa shape index (κ1) is 13.3. The van der Waals surface area contributed by atoms with Crippen molar-refractivity contribution in [3.05, 3.63) is 0 Å². The second-order valence-electron chi connectivity index (χ2n) is 5.39. The van der Waals surface area contributed by atoms with Crippen LogP contribution in [0.4, 0.5) is 0 Å². The molecule has 2 rings (SSSR count). The van der Waals surface area contributed by atoms with E-state index in [1.165, 1.54) is 38.9 Å². The maximum absolute atomic E-state index is 11.7. The van der Waals surface area contributed by atoms with Crippen molar-refractivity contribution in [2.75, 3.05) is 32.7 Å². The Morgan fingerprint density at radius 2 is 2.06 bits per heavy atom. The summed E-state index contributed by atoms with van der Waals surface area (Å²) < 4.78 is 0. The van der Waals surface area contributed by atoms with Crippen molar-refractivity contribution in [3.63, 3.8) is 0 Å². The lowest BCUT2D eigenvalue weighted by Gasteiger charge is -2.33. The number of hydrogen-bond donors (Lipinski definition) is 0. The van der Waals surface area contributed by atoms with E-state index >= 15 is 0 Å². The van der Waals surface area contributed by atoms with Gasteiger partial charge in [0.25, 0.3) is 0 Å². The summed E-state index contributed by atoms with van der Waals surface area (Å²) in [6, 6.07) is 0. The SMILES string of the molecule is CCCN1CCC(CN2CC(Br)CC2=O)CC1. The van der Waals surface area contributed by atoms with E-state index < -0.39 is 0 Å². The van der Waals surface area contributed by atoms with Crippen molar-refractivity contribution < 1.29 is 4.79 Å². The fourth-order valence-corrected chi connectivity index (χ4v) is 3.55. The number of carbonyl (C=O) groups excluding carboxylic acids is 1. The van der Waals surface area contributed by atoms with Crippen LogP contribution in [-0.2, 0) is 4.79 Å². The maximum Gasteiger partial charge on any atom is 0.223 e. The van der Waals surface area contributed by atoms with Crippen molar-refractivity contribution in [3.8, 4) is 0 Å². The molecule has 2 aliphatic heterocycles.